The molecule has 5 nitrogen and oxygen atoms in total. The Bertz CT molecular complexity index is 715. The first-order valence-electron chi connectivity index (χ1n) is 8.38. The molecule has 0 N–H and O–H groups in total. The maximum atomic E-state index is 5.72. The second-order valence-electron chi connectivity index (χ2n) is 6.28. The molecule has 1 aromatic carbocycles. The van der Waals surface area contributed by atoms with Gasteiger partial charge in [0.15, 0.2) is 0 Å². The fraction of sp³-hybridized carbons (Fsp3) is 0.500. The molecule has 1 saturated carbocycles. The van der Waals surface area contributed by atoms with Crippen LogP contribution >= 0.6 is 0 Å². The molecule has 2 aromatic rings. The molecule has 0 unspecified atom stereocenters. The van der Waals surface area contributed by atoms with Gasteiger partial charge in [-0.3, -0.25) is 0 Å². The molecule has 4 rings (SSSR count). The topological polar surface area (TPSA) is 52.8 Å². The third kappa shape index (κ3) is 3.77. The van der Waals surface area contributed by atoms with E-state index in [1.54, 1.807) is 4.80 Å². The molecule has 2 aliphatic rings. The van der Waals surface area contributed by atoms with E-state index < -0.39 is 0 Å². The van der Waals surface area contributed by atoms with Crippen LogP contribution in [0.4, 0.5) is 0 Å². The van der Waals surface area contributed by atoms with Crippen molar-refractivity contribution in [2.45, 2.75) is 44.8 Å². The van der Waals surface area contributed by atoms with Crippen molar-refractivity contribution in [1.29, 1.82) is 0 Å². The van der Waals surface area contributed by atoms with E-state index in [0.29, 0.717) is 18.3 Å². The molecule has 2 fully saturated rings. The maximum absolute atomic E-state index is 5.72. The summed E-state index contributed by atoms with van der Waals surface area (Å²) in [6.45, 7) is 1.52. The van der Waals surface area contributed by atoms with Crippen LogP contribution in [0.3, 0.4) is 0 Å². The lowest BCUT2D eigenvalue weighted by molar-refractivity contribution is 0.00133. The highest BCUT2D eigenvalue weighted by molar-refractivity contribution is 5.55. The van der Waals surface area contributed by atoms with Crippen LogP contribution in [0.25, 0.3) is 11.4 Å². The van der Waals surface area contributed by atoms with Crippen molar-refractivity contribution in [3.8, 4) is 23.2 Å². The highest BCUT2D eigenvalue weighted by atomic mass is 16.5. The monoisotopic (exact) mass is 308 g/mol. The van der Waals surface area contributed by atoms with Gasteiger partial charge in [-0.2, -0.15) is 4.80 Å². The van der Waals surface area contributed by atoms with Crippen molar-refractivity contribution in [2.75, 3.05) is 6.61 Å². The Kier molecular flexibility index (Phi) is 4.08. The Balaban J connectivity index is 1.42. The minimum absolute atomic E-state index is 0.214. The zero-order valence-electron chi connectivity index (χ0n) is 13.1. The van der Waals surface area contributed by atoms with E-state index in [1.807, 2.05) is 24.3 Å². The van der Waals surface area contributed by atoms with Gasteiger partial charge in [0.2, 0.25) is 5.82 Å². The van der Waals surface area contributed by atoms with Crippen molar-refractivity contribution in [1.82, 2.24) is 20.2 Å². The number of hydrogen-bond acceptors (Lipinski definition) is 4. The maximum Gasteiger partial charge on any atom is 0.204 e. The van der Waals surface area contributed by atoms with E-state index in [2.05, 4.69) is 27.3 Å². The Hall–Kier alpha value is -2.19. The lowest BCUT2D eigenvalue weighted by Crippen LogP contribution is -2.25. The third-order valence-electron chi connectivity index (χ3n) is 4.23. The second kappa shape index (κ2) is 6.51. The van der Waals surface area contributed by atoms with Gasteiger partial charge in [-0.15, -0.1) is 10.2 Å². The van der Waals surface area contributed by atoms with E-state index in [9.17, 15) is 0 Å². The van der Waals surface area contributed by atoms with Crippen LogP contribution in [0.5, 0.6) is 0 Å². The predicted octanol–water partition coefficient (Wildman–Crippen LogP) is 2.67. The Morgan fingerprint density at radius 2 is 2.00 bits per heavy atom. The van der Waals surface area contributed by atoms with Gasteiger partial charge in [-0.05, 0) is 61.6 Å². The van der Waals surface area contributed by atoms with Crippen LogP contribution in [-0.2, 0) is 11.3 Å². The summed E-state index contributed by atoms with van der Waals surface area (Å²) in [5, 5.41) is 12.8. The molecule has 0 amide bonds. The molecule has 1 saturated heterocycles. The minimum atomic E-state index is 0.214. The zero-order chi connectivity index (χ0) is 15.5. The summed E-state index contributed by atoms with van der Waals surface area (Å²) >= 11 is 0. The van der Waals surface area contributed by atoms with Crippen LogP contribution in [0.15, 0.2) is 24.3 Å². The van der Waals surface area contributed by atoms with Gasteiger partial charge in [-0.1, -0.05) is 11.8 Å². The first-order chi connectivity index (χ1) is 11.4. The third-order valence-corrected chi connectivity index (χ3v) is 4.23. The number of hydrogen-bond donors (Lipinski definition) is 0. The van der Waals surface area contributed by atoms with E-state index in [0.717, 1.165) is 30.6 Å². The van der Waals surface area contributed by atoms with Crippen LogP contribution < -0.4 is 0 Å². The van der Waals surface area contributed by atoms with E-state index in [1.165, 1.54) is 19.3 Å². The summed E-state index contributed by atoms with van der Waals surface area (Å²) in [6, 6.07) is 8.07. The molecule has 0 spiro atoms. The first kappa shape index (κ1) is 14.4. The molecule has 23 heavy (non-hydrogen) atoms. The fourth-order valence-corrected chi connectivity index (χ4v) is 2.69. The van der Waals surface area contributed by atoms with Crippen molar-refractivity contribution >= 4 is 0 Å². The molecular weight excluding hydrogens is 288 g/mol. The molecular formula is C18H20N4O. The van der Waals surface area contributed by atoms with E-state index in [4.69, 9.17) is 4.74 Å². The molecule has 1 aliphatic heterocycles. The second-order valence-corrected chi connectivity index (χ2v) is 6.28. The molecule has 1 aliphatic carbocycles. The average Bonchev–Trinajstić information content (AvgIpc) is 3.32. The van der Waals surface area contributed by atoms with Gasteiger partial charge in [0, 0.05) is 23.7 Å². The van der Waals surface area contributed by atoms with Crippen LogP contribution in [0.2, 0.25) is 0 Å². The smallest absolute Gasteiger partial charge is 0.204 e. The van der Waals surface area contributed by atoms with Crippen molar-refractivity contribution in [2.24, 2.45) is 5.92 Å². The normalized spacial score (nSPS) is 20.8. The Morgan fingerprint density at radius 1 is 1.13 bits per heavy atom. The summed E-state index contributed by atoms with van der Waals surface area (Å²) in [5.74, 6) is 7.77. The average molecular weight is 308 g/mol. The Morgan fingerprint density at radius 3 is 2.74 bits per heavy atom. The van der Waals surface area contributed by atoms with Gasteiger partial charge >= 0.3 is 0 Å². The lowest BCUT2D eigenvalue weighted by Gasteiger charge is -2.21. The summed E-state index contributed by atoms with van der Waals surface area (Å²) in [4.78, 5) is 1.64. The number of aromatic nitrogens is 4. The molecule has 5 heteroatoms. The van der Waals surface area contributed by atoms with Crippen LogP contribution in [0.1, 0.15) is 37.7 Å². The predicted molar refractivity (Wildman–Crippen MR) is 86.4 cm³/mol. The molecule has 0 radical (unpaired) electrons. The number of benzene rings is 1. The first-order valence-corrected chi connectivity index (χ1v) is 8.38. The largest absolute Gasteiger partial charge is 0.376 e. The highest BCUT2D eigenvalue weighted by Crippen LogP contribution is 2.27. The van der Waals surface area contributed by atoms with Gasteiger partial charge in [0.1, 0.15) is 0 Å². The quantitative estimate of drug-likeness (QED) is 0.818. The molecule has 1 aromatic heterocycles. The fourth-order valence-electron chi connectivity index (χ4n) is 2.69. The SMILES string of the molecule is C(#CC1CC1)c1ccc(-c2nnn(C[C@H]3CCCCO3)n2)cc1. The number of nitrogens with zero attached hydrogens (tertiary/aromatic N) is 4. The molecule has 118 valence electrons. The van der Waals surface area contributed by atoms with Crippen molar-refractivity contribution in [3.63, 3.8) is 0 Å². The molecule has 2 heterocycles. The summed E-state index contributed by atoms with van der Waals surface area (Å²) in [7, 11) is 0. The van der Waals surface area contributed by atoms with Crippen molar-refractivity contribution in [3.05, 3.63) is 29.8 Å². The van der Waals surface area contributed by atoms with Gasteiger partial charge < -0.3 is 4.74 Å². The van der Waals surface area contributed by atoms with Gasteiger partial charge in [-0.25, -0.2) is 0 Å². The Labute approximate surface area is 136 Å². The van der Waals surface area contributed by atoms with Gasteiger partial charge in [0.25, 0.3) is 0 Å². The van der Waals surface area contributed by atoms with Gasteiger partial charge in [0.05, 0.1) is 12.6 Å². The molecule has 0 bridgehead atoms. The number of tetrazole rings is 1. The zero-order valence-corrected chi connectivity index (χ0v) is 13.1. The molecule has 1 atom stereocenters. The van der Waals surface area contributed by atoms with E-state index in [-0.39, 0.29) is 6.10 Å². The van der Waals surface area contributed by atoms with E-state index >= 15 is 0 Å². The number of rotatable bonds is 3. The van der Waals surface area contributed by atoms with Crippen LogP contribution in [0, 0.1) is 17.8 Å². The number of ether oxygens (including phenoxy) is 1. The minimum Gasteiger partial charge on any atom is -0.376 e. The summed E-state index contributed by atoms with van der Waals surface area (Å²) in [5.41, 5.74) is 2.02. The standard InChI is InChI=1S/C18H20N4O/c1-2-12-23-17(3-1)13-22-20-18(19-21-22)16-10-8-15(9-11-16)7-6-14-4-5-14/h8-11,14,17H,1-5,12-13H2/t17-/m1/s1. The van der Waals surface area contributed by atoms with Crippen molar-refractivity contribution < 1.29 is 4.74 Å². The summed E-state index contributed by atoms with van der Waals surface area (Å²) in [6.07, 6.45) is 6.17. The highest BCUT2D eigenvalue weighted by Gasteiger charge is 2.18. The summed E-state index contributed by atoms with van der Waals surface area (Å²) < 4.78 is 5.72. The lowest BCUT2D eigenvalue weighted by atomic mass is 10.1. The van der Waals surface area contributed by atoms with Crippen LogP contribution in [-0.4, -0.2) is 32.9 Å².